The van der Waals surface area contributed by atoms with Gasteiger partial charge in [0.15, 0.2) is 0 Å². The van der Waals surface area contributed by atoms with Crippen molar-refractivity contribution in [3.8, 4) is 33.8 Å². The number of aromatic nitrogens is 4. The number of fused-ring (bicyclic) bond motifs is 4. The average molecular weight is 886 g/mol. The van der Waals surface area contributed by atoms with Gasteiger partial charge in [0.1, 0.15) is 0 Å². The number of nitrogens with zero attached hydrogens (tertiary/aromatic N) is 4. The Labute approximate surface area is 312 Å². The van der Waals surface area contributed by atoms with E-state index in [0.29, 0.717) is 28.9 Å². The van der Waals surface area contributed by atoms with E-state index >= 15 is 0 Å². The van der Waals surface area contributed by atoms with Crippen molar-refractivity contribution in [2.75, 3.05) is 0 Å². The first kappa shape index (κ1) is 27.5. The SMILES string of the molecule is [2H]C([2H])([2H])c1ccc(-c2c[c-]c(-c3nc4ccccc4n3CC)c3oc4nc(C([2H])([2H])[2H])ccc4c23)cc1.[CH3][Ge]([CH3])([CH3])[c]1ccc(-c2[c-]cccc2)nc1.[Ir]. The minimum absolute atomic E-state index is 0. The molecule has 0 atom stereocenters. The molecule has 4 aromatic carbocycles. The quantitative estimate of drug-likeness (QED) is 0.128. The summed E-state index contributed by atoms with van der Waals surface area (Å²) in [6, 6.07) is 38.4. The zero-order valence-corrected chi connectivity index (χ0v) is 32.1. The Morgan fingerprint density at radius 2 is 1.67 bits per heavy atom. The first-order chi connectivity index (χ1) is 25.6. The maximum absolute atomic E-state index is 7.79. The Hall–Kier alpha value is -4.36. The van der Waals surface area contributed by atoms with Crippen LogP contribution in [0.5, 0.6) is 0 Å². The Morgan fingerprint density at radius 3 is 2.37 bits per heavy atom. The molecule has 0 spiro atoms. The molecule has 0 aliphatic rings. The van der Waals surface area contributed by atoms with Gasteiger partial charge in [0.25, 0.3) is 0 Å². The van der Waals surface area contributed by atoms with Gasteiger partial charge in [-0.3, -0.25) is 4.98 Å². The Balaban J connectivity index is 0.000000254. The Morgan fingerprint density at radius 1 is 0.857 bits per heavy atom. The molecule has 8 aromatic rings. The molecule has 247 valence electrons. The van der Waals surface area contributed by atoms with Crippen molar-refractivity contribution in [2.45, 2.75) is 44.4 Å². The first-order valence-electron chi connectivity index (χ1n) is 18.9. The van der Waals surface area contributed by atoms with Crippen LogP contribution in [0.4, 0.5) is 0 Å². The van der Waals surface area contributed by atoms with Crippen LogP contribution in [0.15, 0.2) is 114 Å². The smallest absolute Gasteiger partial charge is 0 e. The van der Waals surface area contributed by atoms with Gasteiger partial charge in [-0.05, 0) is 50.3 Å². The zero-order valence-electron chi connectivity index (χ0n) is 33.6. The molecule has 0 unspecified atom stereocenters. The second kappa shape index (κ2) is 14.2. The van der Waals surface area contributed by atoms with Crippen molar-refractivity contribution in [3.05, 3.63) is 133 Å². The first-order valence-corrected chi connectivity index (χ1v) is 23.3. The van der Waals surface area contributed by atoms with Crippen molar-refractivity contribution in [3.63, 3.8) is 0 Å². The van der Waals surface area contributed by atoms with E-state index in [9.17, 15) is 0 Å². The number of imidazole rings is 1. The predicted molar refractivity (Wildman–Crippen MR) is 201 cm³/mol. The van der Waals surface area contributed by atoms with Gasteiger partial charge in [-0.25, -0.2) is 4.98 Å². The summed E-state index contributed by atoms with van der Waals surface area (Å²) in [7, 11) is 0. The standard InChI is InChI=1S/C28H22N3O.C14H16GeN.Ir/c1-4-31-24-8-6-5-7-23(24)30-27(31)22-16-15-20(19-12-9-17(2)10-13-19)25-21-14-11-18(3)29-28(21)32-26(22)25;1-15(2,3)13-9-10-14(16-11-13)12-7-5-4-6-8-12;/h5-15H,4H2,1-3H3;4-7,9-11H,1-3H3;/q2*-1;/i2D3,3D3;;. The van der Waals surface area contributed by atoms with Gasteiger partial charge in [0.05, 0.1) is 22.4 Å². The number of para-hydroxylation sites is 2. The van der Waals surface area contributed by atoms with Crippen molar-refractivity contribution in [1.82, 2.24) is 19.5 Å². The fourth-order valence-electron chi connectivity index (χ4n) is 5.88. The summed E-state index contributed by atoms with van der Waals surface area (Å²) in [5, 5.41) is 1.38. The number of hydrogen-bond donors (Lipinski definition) is 0. The summed E-state index contributed by atoms with van der Waals surface area (Å²) in [5.41, 5.74) is 6.95. The van der Waals surface area contributed by atoms with Crippen LogP contribution in [0.2, 0.25) is 17.3 Å². The van der Waals surface area contributed by atoms with E-state index in [1.807, 2.05) is 67.7 Å². The largest absolute Gasteiger partial charge is 0 e. The monoisotopic (exact) mass is 887 g/mol. The van der Waals surface area contributed by atoms with Gasteiger partial charge in [-0.1, -0.05) is 58.7 Å². The molecule has 0 aliphatic heterocycles. The second-order valence-electron chi connectivity index (χ2n) is 12.6. The van der Waals surface area contributed by atoms with Crippen LogP contribution >= 0.6 is 0 Å². The third-order valence-electron chi connectivity index (χ3n) is 8.42. The topological polar surface area (TPSA) is 56.7 Å². The van der Waals surface area contributed by atoms with Crippen LogP contribution in [-0.4, -0.2) is 32.8 Å². The van der Waals surface area contributed by atoms with E-state index in [1.54, 1.807) is 30.3 Å². The van der Waals surface area contributed by atoms with Crippen LogP contribution in [0, 0.1) is 25.8 Å². The average Bonchev–Trinajstić information content (AvgIpc) is 3.73. The van der Waals surface area contributed by atoms with Crippen LogP contribution < -0.4 is 4.40 Å². The van der Waals surface area contributed by atoms with Crippen LogP contribution in [0.1, 0.15) is 26.4 Å². The van der Waals surface area contributed by atoms with Gasteiger partial charge in [-0.15, -0.1) is 12.1 Å². The Kier molecular flexibility index (Phi) is 7.98. The molecule has 7 heteroatoms. The maximum Gasteiger partial charge on any atom is 0 e. The molecule has 0 aliphatic carbocycles. The van der Waals surface area contributed by atoms with Crippen molar-refractivity contribution >= 4 is 50.8 Å². The summed E-state index contributed by atoms with van der Waals surface area (Å²) in [4.78, 5) is 13.7. The summed E-state index contributed by atoms with van der Waals surface area (Å²) >= 11 is -1.72. The molecule has 5 nitrogen and oxygen atoms in total. The van der Waals surface area contributed by atoms with E-state index in [4.69, 9.17) is 17.6 Å². The zero-order chi connectivity index (χ0) is 38.4. The molecular formula is C42H38GeIrN4O-2. The molecule has 8 rings (SSSR count). The van der Waals surface area contributed by atoms with Gasteiger partial charge in [-0.2, -0.15) is 0 Å². The van der Waals surface area contributed by atoms with E-state index in [1.165, 1.54) is 10.5 Å². The van der Waals surface area contributed by atoms with Gasteiger partial charge in [0, 0.05) is 46.0 Å². The number of aryl methyl sites for hydroxylation is 3. The van der Waals surface area contributed by atoms with Crippen LogP contribution in [-0.2, 0) is 26.7 Å². The normalized spacial score (nSPS) is 13.7. The number of rotatable bonds is 5. The predicted octanol–water partition coefficient (Wildman–Crippen LogP) is 10.2. The van der Waals surface area contributed by atoms with Crippen LogP contribution in [0.3, 0.4) is 0 Å². The maximum atomic E-state index is 7.79. The summed E-state index contributed by atoms with van der Waals surface area (Å²) in [5.74, 6) is 7.82. The van der Waals surface area contributed by atoms with E-state index in [2.05, 4.69) is 56.1 Å². The molecule has 1 radical (unpaired) electrons. The molecule has 0 amide bonds. The molecule has 0 N–H and O–H groups in total. The number of benzene rings is 4. The molecule has 0 fully saturated rings. The molecule has 0 saturated heterocycles. The number of furan rings is 1. The third-order valence-corrected chi connectivity index (χ3v) is 12.7. The van der Waals surface area contributed by atoms with E-state index in [0.717, 1.165) is 38.8 Å². The van der Waals surface area contributed by atoms with Gasteiger partial charge < -0.3 is 8.98 Å². The fraction of sp³-hybridized carbons (Fsp3) is 0.167. The minimum Gasteiger partial charge on any atom is 0 e. The van der Waals surface area contributed by atoms with Gasteiger partial charge >= 0.3 is 99.8 Å². The van der Waals surface area contributed by atoms with Crippen LogP contribution in [0.25, 0.3) is 66.9 Å². The summed E-state index contributed by atoms with van der Waals surface area (Å²) in [6.07, 6.45) is 2.04. The fourth-order valence-corrected chi connectivity index (χ4v) is 8.06. The van der Waals surface area contributed by atoms with E-state index in [-0.39, 0.29) is 37.1 Å². The molecule has 4 aromatic heterocycles. The van der Waals surface area contributed by atoms with Crippen molar-refractivity contribution in [1.29, 1.82) is 0 Å². The molecular weight excluding hydrogens is 841 g/mol. The van der Waals surface area contributed by atoms with Crippen molar-refractivity contribution < 1.29 is 32.7 Å². The van der Waals surface area contributed by atoms with E-state index < -0.39 is 27.0 Å². The summed E-state index contributed by atoms with van der Waals surface area (Å²) < 4.78 is 56.2. The number of hydrogen-bond acceptors (Lipinski definition) is 4. The third kappa shape index (κ3) is 6.91. The number of pyridine rings is 2. The Bertz CT molecular complexity index is 2590. The second-order valence-corrected chi connectivity index (χ2v) is 23.3. The summed E-state index contributed by atoms with van der Waals surface area (Å²) in [6.45, 7) is -1.88. The molecule has 0 saturated carbocycles. The molecule has 49 heavy (non-hydrogen) atoms. The minimum atomic E-state index is -2.38. The van der Waals surface area contributed by atoms with Crippen molar-refractivity contribution in [2.24, 2.45) is 0 Å². The molecule has 0 bridgehead atoms. The molecule has 4 heterocycles. The van der Waals surface area contributed by atoms with Gasteiger partial charge in [0.2, 0.25) is 5.71 Å².